The third-order valence-electron chi connectivity index (χ3n) is 4.34. The van der Waals surface area contributed by atoms with Crippen LogP contribution in [0.2, 0.25) is 0 Å². The van der Waals surface area contributed by atoms with E-state index in [4.69, 9.17) is 0 Å². The number of aryl methyl sites for hydroxylation is 2. The van der Waals surface area contributed by atoms with Gasteiger partial charge in [0.05, 0.1) is 18.2 Å². The van der Waals surface area contributed by atoms with E-state index < -0.39 is 18.6 Å². The van der Waals surface area contributed by atoms with Gasteiger partial charge in [-0.25, -0.2) is 4.98 Å². The Morgan fingerprint density at radius 3 is 2.91 bits per heavy atom. The number of nitrogens with one attached hydrogen (secondary N) is 1. The summed E-state index contributed by atoms with van der Waals surface area (Å²) in [5.41, 5.74) is 1.21. The topological polar surface area (TPSA) is 45.2 Å². The normalized spacial score (nSPS) is 22.1. The Morgan fingerprint density at radius 1 is 1.35 bits per heavy atom. The summed E-state index contributed by atoms with van der Waals surface area (Å²) in [5.74, 6) is -0.855. The van der Waals surface area contributed by atoms with Gasteiger partial charge in [0.1, 0.15) is 11.6 Å². The first kappa shape index (κ1) is 16.7. The first-order valence-corrected chi connectivity index (χ1v) is 8.76. The van der Waals surface area contributed by atoms with Gasteiger partial charge < -0.3 is 5.32 Å². The zero-order valence-electron chi connectivity index (χ0n) is 12.8. The highest BCUT2D eigenvalue weighted by atomic mass is 32.1. The molecule has 1 aliphatic carbocycles. The van der Waals surface area contributed by atoms with Crippen molar-refractivity contribution in [2.45, 2.75) is 44.8 Å². The summed E-state index contributed by atoms with van der Waals surface area (Å²) < 4.78 is 36.6. The van der Waals surface area contributed by atoms with E-state index >= 15 is 0 Å². The van der Waals surface area contributed by atoms with Gasteiger partial charge in [-0.3, -0.25) is 9.69 Å². The lowest BCUT2D eigenvalue weighted by molar-refractivity contribution is -0.141. The molecule has 1 unspecified atom stereocenters. The lowest BCUT2D eigenvalue weighted by atomic mass is 9.97. The maximum absolute atomic E-state index is 12.2. The fourth-order valence-corrected chi connectivity index (χ4v) is 4.45. The van der Waals surface area contributed by atoms with Crippen LogP contribution < -0.4 is 5.32 Å². The van der Waals surface area contributed by atoms with Gasteiger partial charge in [-0.1, -0.05) is 0 Å². The van der Waals surface area contributed by atoms with E-state index in [9.17, 15) is 18.0 Å². The van der Waals surface area contributed by atoms with Gasteiger partial charge in [0.25, 0.3) is 0 Å². The van der Waals surface area contributed by atoms with Gasteiger partial charge in [-0.15, -0.1) is 11.3 Å². The first-order chi connectivity index (χ1) is 10.9. The molecule has 128 valence electrons. The van der Waals surface area contributed by atoms with Gasteiger partial charge in [0.2, 0.25) is 5.91 Å². The number of carbonyl (C=O) groups excluding carboxylic acids is 1. The number of hydrogen-bond acceptors (Lipinski definition) is 4. The smallest absolute Gasteiger partial charge is 0.347 e. The van der Waals surface area contributed by atoms with Crippen LogP contribution >= 0.6 is 11.3 Å². The lowest BCUT2D eigenvalue weighted by Gasteiger charge is -2.31. The molecule has 1 fully saturated rings. The first-order valence-electron chi connectivity index (χ1n) is 7.95. The number of piperidine rings is 1. The SMILES string of the molecule is O=C(NCC(F)(F)F)C1CCCN(Cc2nc3c(s2)CCC3)C1. The molecule has 1 aliphatic heterocycles. The number of hydrogen-bond donors (Lipinski definition) is 1. The molecule has 0 saturated carbocycles. The van der Waals surface area contributed by atoms with Crippen molar-refractivity contribution in [2.75, 3.05) is 19.6 Å². The Hall–Kier alpha value is -1.15. The molecule has 0 bridgehead atoms. The minimum absolute atomic E-state index is 0.363. The Morgan fingerprint density at radius 2 is 2.17 bits per heavy atom. The summed E-state index contributed by atoms with van der Waals surface area (Å²) in [7, 11) is 0. The molecule has 8 heteroatoms. The van der Waals surface area contributed by atoms with Crippen LogP contribution in [0.15, 0.2) is 0 Å². The number of nitrogens with zero attached hydrogens (tertiary/aromatic N) is 2. The Labute approximate surface area is 137 Å². The van der Waals surface area contributed by atoms with E-state index in [0.717, 1.165) is 30.8 Å². The zero-order valence-corrected chi connectivity index (χ0v) is 13.6. The van der Waals surface area contributed by atoms with Crippen molar-refractivity contribution < 1.29 is 18.0 Å². The number of carbonyl (C=O) groups is 1. The maximum Gasteiger partial charge on any atom is 0.405 e. The van der Waals surface area contributed by atoms with Crippen LogP contribution in [0.25, 0.3) is 0 Å². The second kappa shape index (κ2) is 6.76. The molecule has 2 aliphatic rings. The summed E-state index contributed by atoms with van der Waals surface area (Å²) >= 11 is 1.74. The minimum Gasteiger partial charge on any atom is -0.347 e. The van der Waals surface area contributed by atoms with Crippen LogP contribution in [0, 0.1) is 5.92 Å². The molecule has 4 nitrogen and oxygen atoms in total. The molecule has 1 N–H and O–H groups in total. The molecule has 1 aromatic rings. The van der Waals surface area contributed by atoms with Crippen molar-refractivity contribution in [3.05, 3.63) is 15.6 Å². The highest BCUT2D eigenvalue weighted by Crippen LogP contribution is 2.29. The minimum atomic E-state index is -4.36. The number of fused-ring (bicyclic) bond motifs is 1. The van der Waals surface area contributed by atoms with Crippen LogP contribution in [0.3, 0.4) is 0 Å². The second-order valence-electron chi connectivity index (χ2n) is 6.24. The molecule has 1 amide bonds. The molecule has 0 radical (unpaired) electrons. The molecule has 23 heavy (non-hydrogen) atoms. The summed E-state index contributed by atoms with van der Waals surface area (Å²) in [6, 6.07) is 0. The number of rotatable bonds is 4. The Bertz CT molecular complexity index is 551. The highest BCUT2D eigenvalue weighted by Gasteiger charge is 2.31. The van der Waals surface area contributed by atoms with Gasteiger partial charge >= 0.3 is 6.18 Å². The third-order valence-corrected chi connectivity index (χ3v) is 5.48. The average Bonchev–Trinajstić information content (AvgIpc) is 3.05. The molecule has 1 saturated heterocycles. The van der Waals surface area contributed by atoms with Gasteiger partial charge in [-0.2, -0.15) is 13.2 Å². The van der Waals surface area contributed by atoms with Crippen molar-refractivity contribution >= 4 is 17.2 Å². The molecule has 3 rings (SSSR count). The van der Waals surface area contributed by atoms with Crippen LogP contribution in [0.1, 0.15) is 34.8 Å². The van der Waals surface area contributed by atoms with E-state index in [1.54, 1.807) is 11.3 Å². The Kier molecular flexibility index (Phi) is 4.91. The summed E-state index contributed by atoms with van der Waals surface area (Å²) in [6.07, 6.45) is 0.457. The van der Waals surface area contributed by atoms with Crippen LogP contribution in [0.5, 0.6) is 0 Å². The quantitative estimate of drug-likeness (QED) is 0.910. The fourth-order valence-electron chi connectivity index (χ4n) is 3.25. The molecular formula is C15H20F3N3OS. The molecule has 2 heterocycles. The molecule has 0 aromatic carbocycles. The second-order valence-corrected chi connectivity index (χ2v) is 7.41. The molecule has 1 atom stereocenters. The highest BCUT2D eigenvalue weighted by molar-refractivity contribution is 7.11. The predicted octanol–water partition coefficient (Wildman–Crippen LogP) is 2.52. The summed E-state index contributed by atoms with van der Waals surface area (Å²) in [4.78, 5) is 20.1. The van der Waals surface area contributed by atoms with Gasteiger partial charge in [0.15, 0.2) is 0 Å². The third kappa shape index (κ3) is 4.44. The van der Waals surface area contributed by atoms with E-state index in [1.165, 1.54) is 17.0 Å². The fraction of sp³-hybridized carbons (Fsp3) is 0.733. The lowest BCUT2D eigenvalue weighted by Crippen LogP contribution is -2.44. The molecular weight excluding hydrogens is 327 g/mol. The number of alkyl halides is 3. The van der Waals surface area contributed by atoms with Gasteiger partial charge in [0, 0.05) is 11.4 Å². The van der Waals surface area contributed by atoms with Crippen molar-refractivity contribution in [3.63, 3.8) is 0 Å². The standard InChI is InChI=1S/C15H20F3N3OS/c16-15(17,18)9-19-14(22)10-3-2-6-21(7-10)8-13-20-11-4-1-5-12(11)23-13/h10H,1-9H2,(H,19,22). The van der Waals surface area contributed by atoms with E-state index in [0.29, 0.717) is 19.5 Å². The van der Waals surface area contributed by atoms with Crippen LogP contribution in [-0.2, 0) is 24.2 Å². The average molecular weight is 347 g/mol. The maximum atomic E-state index is 12.2. The summed E-state index contributed by atoms with van der Waals surface area (Å²) in [5, 5.41) is 3.07. The Balaban J connectivity index is 1.52. The molecule has 0 spiro atoms. The monoisotopic (exact) mass is 347 g/mol. The zero-order chi connectivity index (χ0) is 16.4. The van der Waals surface area contributed by atoms with Crippen molar-refractivity contribution in [1.82, 2.24) is 15.2 Å². The number of amides is 1. The molecule has 1 aromatic heterocycles. The van der Waals surface area contributed by atoms with Crippen LogP contribution in [0.4, 0.5) is 13.2 Å². The van der Waals surface area contributed by atoms with E-state index in [2.05, 4.69) is 9.88 Å². The number of thiazole rings is 1. The van der Waals surface area contributed by atoms with Crippen molar-refractivity contribution in [2.24, 2.45) is 5.92 Å². The number of likely N-dealkylation sites (tertiary alicyclic amines) is 1. The van der Waals surface area contributed by atoms with Crippen molar-refractivity contribution in [1.29, 1.82) is 0 Å². The number of aromatic nitrogens is 1. The van der Waals surface area contributed by atoms with Crippen LogP contribution in [-0.4, -0.2) is 41.6 Å². The van der Waals surface area contributed by atoms with Crippen molar-refractivity contribution in [3.8, 4) is 0 Å². The van der Waals surface area contributed by atoms with E-state index in [1.807, 2.05) is 5.32 Å². The van der Waals surface area contributed by atoms with E-state index in [-0.39, 0.29) is 5.92 Å². The summed E-state index contributed by atoms with van der Waals surface area (Å²) in [6.45, 7) is 0.823. The number of halogens is 3. The predicted molar refractivity (Wildman–Crippen MR) is 81.2 cm³/mol. The largest absolute Gasteiger partial charge is 0.405 e. The van der Waals surface area contributed by atoms with Gasteiger partial charge in [-0.05, 0) is 38.6 Å².